The van der Waals surface area contributed by atoms with Crippen molar-refractivity contribution in [1.29, 1.82) is 0 Å². The number of hydrogen-bond acceptors (Lipinski definition) is 9. The maximum atomic E-state index is 13.2. The van der Waals surface area contributed by atoms with Crippen molar-refractivity contribution in [2.24, 2.45) is 0 Å². The molecule has 4 atom stereocenters. The van der Waals surface area contributed by atoms with E-state index in [1.54, 1.807) is 24.3 Å². The van der Waals surface area contributed by atoms with Gasteiger partial charge in [0.1, 0.15) is 11.0 Å². The molecule has 1 unspecified atom stereocenters. The lowest BCUT2D eigenvalue weighted by molar-refractivity contribution is 0.134. The zero-order chi connectivity index (χ0) is 25.4. The Labute approximate surface area is 208 Å². The third-order valence-electron chi connectivity index (χ3n) is 6.12. The van der Waals surface area contributed by atoms with Crippen LogP contribution in [0.3, 0.4) is 0 Å². The van der Waals surface area contributed by atoms with E-state index in [0.717, 1.165) is 5.56 Å². The lowest BCUT2D eigenvalue weighted by Gasteiger charge is -2.18. The molecule has 0 bridgehead atoms. The first kappa shape index (κ1) is 24.5. The summed E-state index contributed by atoms with van der Waals surface area (Å²) in [4.78, 5) is 10.9. The van der Waals surface area contributed by atoms with Gasteiger partial charge in [-0.25, -0.2) is 22.1 Å². The van der Waals surface area contributed by atoms with E-state index in [1.807, 2.05) is 6.92 Å². The van der Waals surface area contributed by atoms with Crippen LogP contribution in [0.2, 0.25) is 0 Å². The van der Waals surface area contributed by atoms with Gasteiger partial charge in [-0.1, -0.05) is 30.3 Å². The quantitative estimate of drug-likeness (QED) is 0.273. The summed E-state index contributed by atoms with van der Waals surface area (Å²) in [6, 6.07) is 9.31. The molecule has 36 heavy (non-hydrogen) atoms. The SMILES string of the molecule is C[C@H]1NC(=O)O[C@H]1c1ccc(-c2ccc(S(=O)(=O)N[C@@H]3CCNC3)c(S(=O)O)c2-c2nn[nH]n2)cc1. The normalized spacial score (nSPS) is 22.8. The molecule has 1 amide bonds. The Morgan fingerprint density at radius 3 is 2.56 bits per heavy atom. The van der Waals surface area contributed by atoms with Crippen LogP contribution in [-0.2, 0) is 25.8 Å². The first-order chi connectivity index (χ1) is 17.2. The van der Waals surface area contributed by atoms with E-state index in [9.17, 15) is 22.0 Å². The van der Waals surface area contributed by atoms with Gasteiger partial charge in [0.15, 0.2) is 11.1 Å². The second kappa shape index (κ2) is 9.67. The molecule has 0 saturated carbocycles. The number of carbonyl (C=O) groups excluding carboxylic acids is 1. The molecule has 5 N–H and O–H groups in total. The van der Waals surface area contributed by atoms with E-state index in [0.29, 0.717) is 30.6 Å². The van der Waals surface area contributed by atoms with Crippen LogP contribution in [0.15, 0.2) is 46.2 Å². The molecule has 3 aromatic rings. The summed E-state index contributed by atoms with van der Waals surface area (Å²) in [5.74, 6) is -0.0337. The molecule has 15 heteroatoms. The number of hydrogen-bond donors (Lipinski definition) is 5. The van der Waals surface area contributed by atoms with Crippen LogP contribution in [-0.4, -0.2) is 69.1 Å². The monoisotopic (exact) mass is 533 g/mol. The Bertz CT molecular complexity index is 1410. The Hall–Kier alpha value is -3.24. The zero-order valence-corrected chi connectivity index (χ0v) is 20.6. The molecule has 0 spiro atoms. The standard InChI is InChI=1S/C21H23N7O6S2/c1-11-18(34-21(29)23-11)13-4-2-12(3-5-13)15-6-7-16(36(32,33)26-14-8-9-22-10-14)19(35(30)31)17(15)20-24-27-28-25-20/h2-7,11,14,18,22,26H,8-10H2,1H3,(H,23,29)(H,30,31)(H,24,25,27,28)/t11-,14-,18-/m1/s1. The molecule has 0 radical (unpaired) electrons. The lowest BCUT2D eigenvalue weighted by atomic mass is 9.96. The molecule has 2 saturated heterocycles. The third kappa shape index (κ3) is 4.62. The van der Waals surface area contributed by atoms with Crippen molar-refractivity contribution in [2.75, 3.05) is 13.1 Å². The number of cyclic esters (lactones) is 1. The minimum atomic E-state index is -4.15. The summed E-state index contributed by atoms with van der Waals surface area (Å²) in [6.45, 7) is 2.96. The fraction of sp³-hybridized carbons (Fsp3) is 0.333. The van der Waals surface area contributed by atoms with E-state index < -0.39 is 33.3 Å². The second-order valence-electron chi connectivity index (χ2n) is 8.49. The largest absolute Gasteiger partial charge is 0.439 e. The van der Waals surface area contributed by atoms with Crippen molar-refractivity contribution in [3.05, 3.63) is 42.0 Å². The van der Waals surface area contributed by atoms with Gasteiger partial charge in [-0.05, 0) is 47.9 Å². The number of amides is 1. The van der Waals surface area contributed by atoms with Gasteiger partial charge in [-0.2, -0.15) is 5.21 Å². The van der Waals surface area contributed by atoms with Crippen LogP contribution in [0.5, 0.6) is 0 Å². The molecular formula is C21H23N7O6S2. The first-order valence-corrected chi connectivity index (χ1v) is 13.7. The average Bonchev–Trinajstić information content (AvgIpc) is 3.61. The number of alkyl carbamates (subject to hydrolysis) is 1. The molecule has 190 valence electrons. The predicted octanol–water partition coefficient (Wildman–Crippen LogP) is 0.924. The number of rotatable bonds is 7. The van der Waals surface area contributed by atoms with Crippen molar-refractivity contribution in [3.8, 4) is 22.5 Å². The minimum Gasteiger partial charge on any atom is -0.439 e. The molecule has 2 fully saturated rings. The minimum absolute atomic E-state index is 0.0337. The van der Waals surface area contributed by atoms with E-state index in [-0.39, 0.29) is 33.3 Å². The van der Waals surface area contributed by atoms with Crippen LogP contribution in [0.1, 0.15) is 25.0 Å². The van der Waals surface area contributed by atoms with Gasteiger partial charge < -0.3 is 19.9 Å². The topological polar surface area (TPSA) is 188 Å². The highest BCUT2D eigenvalue weighted by Crippen LogP contribution is 2.39. The molecule has 2 aromatic carbocycles. The molecule has 2 aliphatic rings. The number of aromatic amines is 1. The first-order valence-electron chi connectivity index (χ1n) is 11.1. The van der Waals surface area contributed by atoms with Gasteiger partial charge in [0, 0.05) is 12.6 Å². The van der Waals surface area contributed by atoms with Gasteiger partial charge in [0.2, 0.25) is 15.8 Å². The highest BCUT2D eigenvalue weighted by molar-refractivity contribution is 7.90. The summed E-state index contributed by atoms with van der Waals surface area (Å²) < 4.78 is 57.2. The van der Waals surface area contributed by atoms with Crippen LogP contribution in [0.25, 0.3) is 22.5 Å². The van der Waals surface area contributed by atoms with Gasteiger partial charge in [0.25, 0.3) is 0 Å². The van der Waals surface area contributed by atoms with Crippen LogP contribution >= 0.6 is 0 Å². The second-order valence-corrected chi connectivity index (χ2v) is 11.1. The van der Waals surface area contributed by atoms with Gasteiger partial charge in [-0.3, -0.25) is 0 Å². The Balaban J connectivity index is 1.61. The maximum Gasteiger partial charge on any atom is 0.408 e. The number of ether oxygens (including phenoxy) is 1. The zero-order valence-electron chi connectivity index (χ0n) is 19.0. The number of sulfonamides is 1. The van der Waals surface area contributed by atoms with Crippen molar-refractivity contribution in [1.82, 2.24) is 36.0 Å². The summed E-state index contributed by atoms with van der Waals surface area (Å²) >= 11 is -2.71. The molecule has 2 aliphatic heterocycles. The fourth-order valence-electron chi connectivity index (χ4n) is 4.44. The number of H-pyrrole nitrogens is 1. The van der Waals surface area contributed by atoms with Crippen molar-refractivity contribution in [2.45, 2.75) is 41.3 Å². The number of nitrogens with one attached hydrogen (secondary N) is 4. The number of nitrogens with zero attached hydrogens (tertiary/aromatic N) is 3. The molecule has 5 rings (SSSR count). The van der Waals surface area contributed by atoms with E-state index in [1.165, 1.54) is 12.1 Å². The molecule has 3 heterocycles. The van der Waals surface area contributed by atoms with Gasteiger partial charge in [0.05, 0.1) is 16.5 Å². The summed E-state index contributed by atoms with van der Waals surface area (Å²) in [7, 11) is -4.15. The molecular weight excluding hydrogens is 510 g/mol. The lowest BCUT2D eigenvalue weighted by Crippen LogP contribution is -2.36. The molecule has 0 aliphatic carbocycles. The Morgan fingerprint density at radius 1 is 1.19 bits per heavy atom. The third-order valence-corrected chi connectivity index (χ3v) is 8.59. The summed E-state index contributed by atoms with van der Waals surface area (Å²) in [5, 5.41) is 19.5. The summed E-state index contributed by atoms with van der Waals surface area (Å²) in [5.41, 5.74) is 1.85. The fourth-order valence-corrected chi connectivity index (χ4v) is 6.96. The summed E-state index contributed by atoms with van der Waals surface area (Å²) in [6.07, 6.45) is -0.360. The predicted molar refractivity (Wildman–Crippen MR) is 128 cm³/mol. The number of carbonyl (C=O) groups is 1. The van der Waals surface area contributed by atoms with Crippen molar-refractivity contribution in [3.63, 3.8) is 0 Å². The number of aromatic nitrogens is 4. The van der Waals surface area contributed by atoms with Crippen molar-refractivity contribution >= 4 is 27.2 Å². The number of benzene rings is 2. The number of tetrazole rings is 1. The Kier molecular flexibility index (Phi) is 6.57. The average molecular weight is 534 g/mol. The highest BCUT2D eigenvalue weighted by atomic mass is 32.2. The van der Waals surface area contributed by atoms with Gasteiger partial charge in [-0.15, -0.1) is 10.2 Å². The van der Waals surface area contributed by atoms with Crippen LogP contribution in [0.4, 0.5) is 4.79 Å². The van der Waals surface area contributed by atoms with Crippen LogP contribution in [0, 0.1) is 0 Å². The van der Waals surface area contributed by atoms with Crippen LogP contribution < -0.4 is 15.4 Å². The maximum absolute atomic E-state index is 13.2. The van der Waals surface area contributed by atoms with Crippen molar-refractivity contribution < 1.29 is 26.7 Å². The Morgan fingerprint density at radius 2 is 1.97 bits per heavy atom. The smallest absolute Gasteiger partial charge is 0.408 e. The van der Waals surface area contributed by atoms with E-state index in [2.05, 4.69) is 36.0 Å². The molecule has 13 nitrogen and oxygen atoms in total. The van der Waals surface area contributed by atoms with E-state index in [4.69, 9.17) is 4.74 Å². The van der Waals surface area contributed by atoms with Gasteiger partial charge >= 0.3 is 6.09 Å². The van der Waals surface area contributed by atoms with E-state index >= 15 is 0 Å². The highest BCUT2D eigenvalue weighted by Gasteiger charge is 2.33. The molecule has 1 aromatic heterocycles.